The minimum atomic E-state index is -3.91. The van der Waals surface area contributed by atoms with Gasteiger partial charge < -0.3 is 10.1 Å². The summed E-state index contributed by atoms with van der Waals surface area (Å²) in [7, 11) is -3.91. The summed E-state index contributed by atoms with van der Waals surface area (Å²) in [5.74, 6) is 0.166. The van der Waals surface area contributed by atoms with Gasteiger partial charge >= 0.3 is 0 Å². The molecule has 2 aromatic carbocycles. The van der Waals surface area contributed by atoms with E-state index < -0.39 is 27.5 Å². The molecule has 4 rings (SSSR count). The first-order chi connectivity index (χ1) is 17.8. The van der Waals surface area contributed by atoms with Crippen LogP contribution >= 0.6 is 0 Å². The van der Waals surface area contributed by atoms with Crippen molar-refractivity contribution in [1.82, 2.24) is 19.7 Å². The van der Waals surface area contributed by atoms with Crippen molar-refractivity contribution in [3.05, 3.63) is 89.5 Å². The van der Waals surface area contributed by atoms with Gasteiger partial charge in [0, 0.05) is 29.7 Å². The molecule has 12 heteroatoms. The van der Waals surface area contributed by atoms with E-state index in [0.29, 0.717) is 18.0 Å². The standard InChI is InChI=1S/C25H24N6O5S/c1-3-36-20-9-5-18(6-10-20)22-13-14-23(32)31(29-22)17(2)24(33)28-19-7-11-21(12-8-19)37(34,35)30-25-26-15-4-16-27-25/h4-17H,3H2,1-2H3,(H,28,33)(H,26,27,30). The Labute approximate surface area is 213 Å². The van der Waals surface area contributed by atoms with Crippen molar-refractivity contribution in [1.29, 1.82) is 0 Å². The average molecular weight is 521 g/mol. The summed E-state index contributed by atoms with van der Waals surface area (Å²) in [5, 5.41) is 7.05. The number of sulfonamides is 1. The fourth-order valence-corrected chi connectivity index (χ4v) is 4.31. The molecule has 2 heterocycles. The van der Waals surface area contributed by atoms with Crippen LogP contribution in [0.1, 0.15) is 19.9 Å². The minimum Gasteiger partial charge on any atom is -0.494 e. The van der Waals surface area contributed by atoms with Crippen LogP contribution in [0.3, 0.4) is 0 Å². The molecule has 2 N–H and O–H groups in total. The zero-order chi connectivity index (χ0) is 26.4. The lowest BCUT2D eigenvalue weighted by Crippen LogP contribution is -2.33. The quantitative estimate of drug-likeness (QED) is 0.342. The molecule has 37 heavy (non-hydrogen) atoms. The second-order valence-corrected chi connectivity index (χ2v) is 9.51. The molecule has 1 unspecified atom stereocenters. The number of nitrogens with zero attached hydrogens (tertiary/aromatic N) is 4. The summed E-state index contributed by atoms with van der Waals surface area (Å²) in [4.78, 5) is 33.0. The van der Waals surface area contributed by atoms with Gasteiger partial charge in [-0.05, 0) is 74.5 Å². The lowest BCUT2D eigenvalue weighted by molar-refractivity contribution is -0.119. The van der Waals surface area contributed by atoms with Crippen LogP contribution in [0.4, 0.5) is 11.6 Å². The third-order valence-corrected chi connectivity index (χ3v) is 6.60. The lowest BCUT2D eigenvalue weighted by atomic mass is 10.1. The van der Waals surface area contributed by atoms with E-state index in [1.807, 2.05) is 19.1 Å². The third-order valence-electron chi connectivity index (χ3n) is 5.26. The summed E-state index contributed by atoms with van der Waals surface area (Å²) >= 11 is 0. The van der Waals surface area contributed by atoms with E-state index in [9.17, 15) is 18.0 Å². The van der Waals surface area contributed by atoms with Gasteiger partial charge in [0.2, 0.25) is 11.9 Å². The van der Waals surface area contributed by atoms with Crippen LogP contribution in [0.15, 0.2) is 88.8 Å². The number of nitrogens with one attached hydrogen (secondary N) is 2. The van der Waals surface area contributed by atoms with Crippen molar-refractivity contribution in [2.45, 2.75) is 24.8 Å². The van der Waals surface area contributed by atoms with Gasteiger partial charge in [-0.15, -0.1) is 0 Å². The number of hydrogen-bond acceptors (Lipinski definition) is 8. The number of carbonyl (C=O) groups is 1. The van der Waals surface area contributed by atoms with E-state index in [2.05, 4.69) is 25.1 Å². The van der Waals surface area contributed by atoms with Gasteiger partial charge in [0.1, 0.15) is 11.8 Å². The number of ether oxygens (including phenoxy) is 1. The van der Waals surface area contributed by atoms with Crippen LogP contribution < -0.4 is 20.3 Å². The highest BCUT2D eigenvalue weighted by molar-refractivity contribution is 7.92. The van der Waals surface area contributed by atoms with Gasteiger partial charge in [-0.25, -0.2) is 27.8 Å². The first-order valence-electron chi connectivity index (χ1n) is 11.3. The van der Waals surface area contributed by atoms with Gasteiger partial charge in [0.05, 0.1) is 17.2 Å². The summed E-state index contributed by atoms with van der Waals surface area (Å²) in [6.07, 6.45) is 2.83. The van der Waals surface area contributed by atoms with Crippen LogP contribution in [0.25, 0.3) is 11.3 Å². The van der Waals surface area contributed by atoms with Crippen LogP contribution in [-0.2, 0) is 14.8 Å². The summed E-state index contributed by atoms with van der Waals surface area (Å²) in [6, 6.07) is 16.4. The topological polar surface area (TPSA) is 145 Å². The zero-order valence-electron chi connectivity index (χ0n) is 20.0. The Morgan fingerprint density at radius 3 is 2.32 bits per heavy atom. The number of rotatable bonds is 9. The molecule has 0 aliphatic heterocycles. The maximum atomic E-state index is 12.9. The van der Waals surface area contributed by atoms with Crippen molar-refractivity contribution in [3.63, 3.8) is 0 Å². The largest absolute Gasteiger partial charge is 0.494 e. The molecule has 0 saturated heterocycles. The van der Waals surface area contributed by atoms with Crippen LogP contribution in [-0.4, -0.2) is 40.7 Å². The van der Waals surface area contributed by atoms with Crippen LogP contribution in [0, 0.1) is 0 Å². The molecular weight excluding hydrogens is 496 g/mol. The molecule has 0 fully saturated rings. The molecule has 0 aliphatic rings. The van der Waals surface area contributed by atoms with Crippen LogP contribution in [0.5, 0.6) is 5.75 Å². The Bertz CT molecular complexity index is 1540. The Kier molecular flexibility index (Phi) is 7.58. The predicted molar refractivity (Wildman–Crippen MR) is 138 cm³/mol. The van der Waals surface area contributed by atoms with Crippen molar-refractivity contribution in [2.24, 2.45) is 0 Å². The zero-order valence-corrected chi connectivity index (χ0v) is 20.8. The summed E-state index contributed by atoms with van der Waals surface area (Å²) < 4.78 is 33.9. The maximum Gasteiger partial charge on any atom is 0.267 e. The highest BCUT2D eigenvalue weighted by atomic mass is 32.2. The Morgan fingerprint density at radius 1 is 1.00 bits per heavy atom. The van der Waals surface area contributed by atoms with Gasteiger partial charge in [-0.1, -0.05) is 0 Å². The van der Waals surface area contributed by atoms with E-state index in [1.54, 1.807) is 31.2 Å². The number of benzene rings is 2. The summed E-state index contributed by atoms with van der Waals surface area (Å²) in [6.45, 7) is 3.99. The summed E-state index contributed by atoms with van der Waals surface area (Å²) in [5.41, 5.74) is 1.19. The molecule has 0 spiro atoms. The smallest absolute Gasteiger partial charge is 0.267 e. The predicted octanol–water partition coefficient (Wildman–Crippen LogP) is 3.10. The lowest BCUT2D eigenvalue weighted by Gasteiger charge is -2.15. The number of aromatic nitrogens is 4. The first-order valence-corrected chi connectivity index (χ1v) is 12.8. The Balaban J connectivity index is 1.47. The average Bonchev–Trinajstić information content (AvgIpc) is 2.90. The molecule has 0 aliphatic carbocycles. The molecule has 2 aromatic heterocycles. The van der Waals surface area contributed by atoms with Gasteiger partial charge in [-0.3, -0.25) is 9.59 Å². The van der Waals surface area contributed by atoms with Crippen LogP contribution in [0.2, 0.25) is 0 Å². The van der Waals surface area contributed by atoms with Crippen molar-refractivity contribution < 1.29 is 17.9 Å². The van der Waals surface area contributed by atoms with E-state index in [0.717, 1.165) is 16.0 Å². The van der Waals surface area contributed by atoms with Crippen molar-refractivity contribution in [3.8, 4) is 17.0 Å². The molecule has 0 radical (unpaired) electrons. The van der Waals surface area contributed by atoms with E-state index in [-0.39, 0.29) is 10.8 Å². The van der Waals surface area contributed by atoms with E-state index in [1.165, 1.54) is 42.7 Å². The molecule has 0 saturated carbocycles. The second kappa shape index (κ2) is 11.0. The number of anilines is 2. The van der Waals surface area contributed by atoms with Crippen molar-refractivity contribution >= 4 is 27.6 Å². The normalized spacial score (nSPS) is 11.9. The Morgan fingerprint density at radius 2 is 1.68 bits per heavy atom. The molecule has 4 aromatic rings. The fourth-order valence-electron chi connectivity index (χ4n) is 3.35. The Hall–Kier alpha value is -4.58. The number of amides is 1. The molecule has 1 atom stereocenters. The van der Waals surface area contributed by atoms with E-state index in [4.69, 9.17) is 4.74 Å². The number of hydrogen-bond donors (Lipinski definition) is 2. The third kappa shape index (κ3) is 6.16. The highest BCUT2D eigenvalue weighted by Crippen LogP contribution is 2.21. The van der Waals surface area contributed by atoms with Gasteiger partial charge in [0.15, 0.2) is 0 Å². The fraction of sp³-hybridized carbons (Fsp3) is 0.160. The minimum absolute atomic E-state index is 0.0352. The maximum absolute atomic E-state index is 12.9. The van der Waals surface area contributed by atoms with E-state index >= 15 is 0 Å². The van der Waals surface area contributed by atoms with Gasteiger partial charge in [-0.2, -0.15) is 5.10 Å². The monoisotopic (exact) mass is 520 g/mol. The molecule has 11 nitrogen and oxygen atoms in total. The SMILES string of the molecule is CCOc1ccc(-c2ccc(=O)n(C(C)C(=O)Nc3ccc(S(=O)(=O)Nc4ncccn4)cc3)n2)cc1. The molecule has 190 valence electrons. The van der Waals surface area contributed by atoms with Crippen molar-refractivity contribution in [2.75, 3.05) is 16.6 Å². The second-order valence-electron chi connectivity index (χ2n) is 7.83. The first kappa shape index (κ1) is 25.5. The highest BCUT2D eigenvalue weighted by Gasteiger charge is 2.20. The molecule has 0 bridgehead atoms. The van der Waals surface area contributed by atoms with Gasteiger partial charge in [0.25, 0.3) is 15.6 Å². The molecule has 1 amide bonds. The number of carbonyl (C=O) groups excluding carboxylic acids is 1. The molecular formula is C25H24N6O5S.